The summed E-state index contributed by atoms with van der Waals surface area (Å²) in [6.07, 6.45) is 0. The summed E-state index contributed by atoms with van der Waals surface area (Å²) in [4.78, 5) is 15.6. The van der Waals surface area contributed by atoms with E-state index < -0.39 is 0 Å². The normalized spacial score (nSPS) is 10.8. The summed E-state index contributed by atoms with van der Waals surface area (Å²) < 4.78 is 0.579. The maximum absolute atomic E-state index is 4.56. The molecule has 0 aromatic carbocycles. The van der Waals surface area contributed by atoms with Gasteiger partial charge in [0.25, 0.3) is 0 Å². The Balaban J connectivity index is 0.00000324. The lowest BCUT2D eigenvalue weighted by atomic mass is 10.5. The minimum Gasteiger partial charge on any atom is -1.00 e. The fraction of sp³-hybridized carbons (Fsp3) is 0.750. The third kappa shape index (κ3) is 4.80. The number of aromatic nitrogens is 3. The quantitative estimate of drug-likeness (QED) is 0.636. The van der Waals surface area contributed by atoms with Gasteiger partial charge in [-0.15, -0.1) is 9.97 Å². The average molecular weight is 289 g/mol. The minimum atomic E-state index is 0. The second-order valence-corrected chi connectivity index (χ2v) is 4.97. The number of hydrogen-bond donors (Lipinski definition) is 1. The number of halogens is 1. The van der Waals surface area contributed by atoms with Gasteiger partial charge in [-0.2, -0.15) is 4.98 Å². The van der Waals surface area contributed by atoms with Crippen LogP contribution in [0.2, 0.25) is 0 Å². The van der Waals surface area contributed by atoms with E-state index in [1.807, 2.05) is 6.92 Å². The molecule has 0 aliphatic rings. The number of nitrogens with zero attached hydrogens (tertiary/aromatic N) is 5. The molecule has 1 aromatic rings. The Bertz CT molecular complexity index is 386. The van der Waals surface area contributed by atoms with Crippen molar-refractivity contribution in [1.82, 2.24) is 19.4 Å². The van der Waals surface area contributed by atoms with Crippen molar-refractivity contribution in [2.24, 2.45) is 0 Å². The van der Waals surface area contributed by atoms with Crippen LogP contribution in [-0.4, -0.2) is 55.7 Å². The second kappa shape index (κ2) is 7.45. The summed E-state index contributed by atoms with van der Waals surface area (Å²) in [7, 11) is 6.16. The van der Waals surface area contributed by atoms with Crippen LogP contribution in [0, 0.1) is 0 Å². The number of hydrogen-bond acceptors (Lipinski definition) is 5. The highest BCUT2D eigenvalue weighted by Crippen LogP contribution is 2.17. The van der Waals surface area contributed by atoms with Gasteiger partial charge < -0.3 is 22.6 Å². The van der Waals surface area contributed by atoms with Crippen molar-refractivity contribution in [2.75, 3.05) is 51.0 Å². The van der Waals surface area contributed by atoms with Crippen molar-refractivity contribution in [3.8, 4) is 0 Å². The van der Waals surface area contributed by atoms with Crippen molar-refractivity contribution in [3.05, 3.63) is 0 Å². The first-order valence-corrected chi connectivity index (χ1v) is 6.49. The van der Waals surface area contributed by atoms with Crippen molar-refractivity contribution in [1.29, 1.82) is 0 Å². The Morgan fingerprint density at radius 1 is 1.00 bits per heavy atom. The van der Waals surface area contributed by atoms with Crippen LogP contribution in [0.15, 0.2) is 0 Å². The van der Waals surface area contributed by atoms with E-state index in [0.29, 0.717) is 10.4 Å². The van der Waals surface area contributed by atoms with E-state index in [2.05, 4.69) is 60.2 Å². The molecule has 0 atom stereocenters. The molecule has 0 spiro atoms. The molecule has 1 aromatic heterocycles. The van der Waals surface area contributed by atoms with Crippen LogP contribution in [0.25, 0.3) is 0 Å². The summed E-state index contributed by atoms with van der Waals surface area (Å²) >= 11 is 0. The Morgan fingerprint density at radius 2 is 1.58 bits per heavy atom. The lowest BCUT2D eigenvalue weighted by molar-refractivity contribution is -0.00000449. The maximum Gasteiger partial charge on any atom is 0.334 e. The Morgan fingerprint density at radius 3 is 2.00 bits per heavy atom. The van der Waals surface area contributed by atoms with Gasteiger partial charge in [-0.3, -0.25) is 4.48 Å². The summed E-state index contributed by atoms with van der Waals surface area (Å²) in [5.41, 5.74) is 0. The molecular weight excluding hydrogens is 264 g/mol. The first-order valence-electron chi connectivity index (χ1n) is 6.49. The fourth-order valence-corrected chi connectivity index (χ4v) is 1.54. The van der Waals surface area contributed by atoms with Gasteiger partial charge in [0.2, 0.25) is 11.9 Å². The molecule has 0 bridgehead atoms. The van der Waals surface area contributed by atoms with Crippen molar-refractivity contribution >= 4 is 17.8 Å². The average Bonchev–Trinajstić information content (AvgIpc) is 2.29. The molecule has 0 saturated carbocycles. The summed E-state index contributed by atoms with van der Waals surface area (Å²) in [5.74, 6) is 2.16. The molecule has 0 saturated heterocycles. The standard InChI is InChI=1S/C12H25N6.ClH/c1-7-13-10-14-11(17(8-2)9-3)16-12(15-10)18(4,5)6;/h7-9H2,1-6H3,(H,13,14,15,16);1H/q+1;/p-1. The first kappa shape index (κ1) is 17.9. The van der Waals surface area contributed by atoms with Gasteiger partial charge in [-0.1, -0.05) is 0 Å². The fourth-order valence-electron chi connectivity index (χ4n) is 1.54. The van der Waals surface area contributed by atoms with E-state index in [1.165, 1.54) is 0 Å². The van der Waals surface area contributed by atoms with Crippen molar-refractivity contribution < 1.29 is 12.4 Å². The lowest BCUT2D eigenvalue weighted by Crippen LogP contribution is -3.00. The summed E-state index contributed by atoms with van der Waals surface area (Å²) in [6, 6.07) is 0. The minimum absolute atomic E-state index is 0. The van der Waals surface area contributed by atoms with E-state index >= 15 is 0 Å². The van der Waals surface area contributed by atoms with Gasteiger partial charge in [0.1, 0.15) is 0 Å². The molecule has 0 unspecified atom stereocenters. The van der Waals surface area contributed by atoms with Crippen molar-refractivity contribution in [2.45, 2.75) is 20.8 Å². The Labute approximate surface area is 122 Å². The van der Waals surface area contributed by atoms with Gasteiger partial charge in [-0.25, -0.2) is 0 Å². The molecule has 6 nitrogen and oxygen atoms in total. The number of nitrogens with one attached hydrogen (secondary N) is 1. The van der Waals surface area contributed by atoms with E-state index in [-0.39, 0.29) is 12.4 Å². The van der Waals surface area contributed by atoms with Gasteiger partial charge in [-0.05, 0) is 20.8 Å². The van der Waals surface area contributed by atoms with E-state index in [1.54, 1.807) is 0 Å². The highest BCUT2D eigenvalue weighted by molar-refractivity contribution is 5.42. The van der Waals surface area contributed by atoms with Crippen LogP contribution in [0.4, 0.5) is 17.8 Å². The zero-order valence-corrected chi connectivity index (χ0v) is 13.5. The van der Waals surface area contributed by atoms with Crippen LogP contribution in [0.1, 0.15) is 20.8 Å². The van der Waals surface area contributed by atoms with Gasteiger partial charge in [0, 0.05) is 19.6 Å². The topological polar surface area (TPSA) is 53.9 Å². The molecule has 0 fully saturated rings. The highest BCUT2D eigenvalue weighted by Gasteiger charge is 2.21. The number of quaternary nitrogens is 1. The Hall–Kier alpha value is -1.14. The smallest absolute Gasteiger partial charge is 0.334 e. The van der Waals surface area contributed by atoms with E-state index in [9.17, 15) is 0 Å². The van der Waals surface area contributed by atoms with Crippen LogP contribution >= 0.6 is 0 Å². The highest BCUT2D eigenvalue weighted by atomic mass is 35.5. The molecular formula is C12H25ClN6. The molecule has 0 aliphatic heterocycles. The number of rotatable bonds is 6. The molecule has 110 valence electrons. The van der Waals surface area contributed by atoms with Crippen LogP contribution < -0.4 is 27.1 Å². The third-order valence-corrected chi connectivity index (χ3v) is 2.59. The molecule has 0 radical (unpaired) electrons. The maximum atomic E-state index is 4.56. The molecule has 19 heavy (non-hydrogen) atoms. The summed E-state index contributed by atoms with van der Waals surface area (Å²) in [5, 5.41) is 3.16. The van der Waals surface area contributed by atoms with E-state index in [0.717, 1.165) is 31.5 Å². The molecule has 1 rings (SSSR count). The van der Waals surface area contributed by atoms with Gasteiger partial charge >= 0.3 is 5.95 Å². The monoisotopic (exact) mass is 288 g/mol. The van der Waals surface area contributed by atoms with E-state index in [4.69, 9.17) is 0 Å². The van der Waals surface area contributed by atoms with Crippen LogP contribution in [-0.2, 0) is 0 Å². The second-order valence-electron chi connectivity index (χ2n) is 4.97. The van der Waals surface area contributed by atoms with Gasteiger partial charge in [0.05, 0.1) is 21.1 Å². The molecule has 0 amide bonds. The van der Waals surface area contributed by atoms with Crippen LogP contribution in [0.5, 0.6) is 0 Å². The predicted molar refractivity (Wildman–Crippen MR) is 77.1 cm³/mol. The molecule has 7 heteroatoms. The molecule has 1 N–H and O–H groups in total. The zero-order valence-electron chi connectivity index (χ0n) is 12.7. The third-order valence-electron chi connectivity index (χ3n) is 2.59. The first-order chi connectivity index (χ1) is 8.42. The largest absolute Gasteiger partial charge is 1.00 e. The zero-order chi connectivity index (χ0) is 13.8. The number of anilines is 2. The summed E-state index contributed by atoms with van der Waals surface area (Å²) in [6.45, 7) is 8.83. The molecule has 0 aliphatic carbocycles. The SMILES string of the molecule is CCNc1nc(N(CC)CC)nc([N+](C)(C)C)n1.[Cl-]. The van der Waals surface area contributed by atoms with Crippen molar-refractivity contribution in [3.63, 3.8) is 0 Å². The Kier molecular flexibility index (Phi) is 7.00. The lowest BCUT2D eigenvalue weighted by Gasteiger charge is -2.24. The predicted octanol–water partition coefficient (Wildman–Crippen LogP) is -1.65. The van der Waals surface area contributed by atoms with Crippen LogP contribution in [0.3, 0.4) is 0 Å². The molecule has 1 heterocycles. The van der Waals surface area contributed by atoms with Gasteiger partial charge in [0.15, 0.2) is 0 Å².